The third-order valence-corrected chi connectivity index (χ3v) is 2.32. The minimum absolute atomic E-state index is 0.358. The van der Waals surface area contributed by atoms with Gasteiger partial charge in [0.15, 0.2) is 5.82 Å². The van der Waals surface area contributed by atoms with Crippen molar-refractivity contribution in [3.05, 3.63) is 28.8 Å². The number of hydrogen-bond acceptors (Lipinski definition) is 1. The molecule has 0 saturated heterocycles. The van der Waals surface area contributed by atoms with E-state index in [-0.39, 0.29) is 0 Å². The molecule has 0 saturated carbocycles. The SMILES string of the molecule is CSc1ccc(F)c(Cl)c1F. The molecule has 0 nitrogen and oxygen atoms in total. The van der Waals surface area contributed by atoms with Crippen LogP contribution in [0.3, 0.4) is 0 Å². The van der Waals surface area contributed by atoms with Crippen LogP contribution in [0.2, 0.25) is 5.02 Å². The first kappa shape index (κ1) is 8.81. The average molecular weight is 195 g/mol. The highest BCUT2D eigenvalue weighted by Crippen LogP contribution is 2.27. The van der Waals surface area contributed by atoms with E-state index in [9.17, 15) is 8.78 Å². The summed E-state index contributed by atoms with van der Waals surface area (Å²) in [4.78, 5) is 0.358. The van der Waals surface area contributed by atoms with E-state index in [1.807, 2.05) is 0 Å². The van der Waals surface area contributed by atoms with Crippen LogP contribution in [0.5, 0.6) is 0 Å². The molecule has 0 aromatic heterocycles. The molecule has 0 aliphatic heterocycles. The Kier molecular flexibility index (Phi) is 2.73. The lowest BCUT2D eigenvalue weighted by atomic mass is 10.3. The summed E-state index contributed by atoms with van der Waals surface area (Å²) >= 11 is 6.49. The normalized spacial score (nSPS) is 10.2. The molecule has 1 rings (SSSR count). The van der Waals surface area contributed by atoms with Gasteiger partial charge in [0.25, 0.3) is 0 Å². The highest BCUT2D eigenvalue weighted by molar-refractivity contribution is 7.98. The first-order valence-corrected chi connectivity index (χ1v) is 4.44. The largest absolute Gasteiger partial charge is 0.205 e. The zero-order valence-electron chi connectivity index (χ0n) is 5.70. The highest BCUT2D eigenvalue weighted by Gasteiger charge is 2.09. The lowest BCUT2D eigenvalue weighted by Gasteiger charge is -2.00. The summed E-state index contributed by atoms with van der Waals surface area (Å²) in [5.74, 6) is -1.40. The van der Waals surface area contributed by atoms with Crippen LogP contribution in [0.15, 0.2) is 17.0 Å². The molecule has 0 spiro atoms. The van der Waals surface area contributed by atoms with E-state index in [1.54, 1.807) is 6.26 Å². The molecule has 0 N–H and O–H groups in total. The number of halogens is 3. The molecule has 0 heterocycles. The minimum Gasteiger partial charge on any atom is -0.205 e. The van der Waals surface area contributed by atoms with Gasteiger partial charge in [-0.1, -0.05) is 11.6 Å². The molecule has 0 bridgehead atoms. The molecule has 0 unspecified atom stereocenters. The van der Waals surface area contributed by atoms with Gasteiger partial charge in [-0.2, -0.15) is 0 Å². The van der Waals surface area contributed by atoms with E-state index >= 15 is 0 Å². The van der Waals surface area contributed by atoms with Crippen LogP contribution in [0.4, 0.5) is 8.78 Å². The van der Waals surface area contributed by atoms with Crippen LogP contribution in [0, 0.1) is 11.6 Å². The van der Waals surface area contributed by atoms with Crippen molar-refractivity contribution in [1.82, 2.24) is 0 Å². The second kappa shape index (κ2) is 3.41. The Morgan fingerprint density at radius 3 is 2.55 bits per heavy atom. The quantitative estimate of drug-likeness (QED) is 0.488. The van der Waals surface area contributed by atoms with E-state index in [4.69, 9.17) is 11.6 Å². The fourth-order valence-corrected chi connectivity index (χ4v) is 1.37. The van der Waals surface area contributed by atoms with Gasteiger partial charge in [-0.15, -0.1) is 11.8 Å². The molecule has 0 amide bonds. The highest BCUT2D eigenvalue weighted by atomic mass is 35.5. The first-order chi connectivity index (χ1) is 5.16. The number of rotatable bonds is 1. The maximum absolute atomic E-state index is 12.9. The van der Waals surface area contributed by atoms with Gasteiger partial charge in [0.2, 0.25) is 0 Å². The predicted octanol–water partition coefficient (Wildman–Crippen LogP) is 3.34. The molecule has 1 aromatic carbocycles. The van der Waals surface area contributed by atoms with Crippen molar-refractivity contribution in [3.63, 3.8) is 0 Å². The third-order valence-electron chi connectivity index (χ3n) is 1.22. The molecule has 0 fully saturated rings. The second-order valence-electron chi connectivity index (χ2n) is 1.88. The maximum Gasteiger partial charge on any atom is 0.158 e. The summed E-state index contributed by atoms with van der Waals surface area (Å²) in [7, 11) is 0. The summed E-state index contributed by atoms with van der Waals surface area (Å²) in [6, 6.07) is 2.51. The summed E-state index contributed by atoms with van der Waals surface area (Å²) in [5.41, 5.74) is 0. The lowest BCUT2D eigenvalue weighted by Crippen LogP contribution is -1.85. The van der Waals surface area contributed by atoms with E-state index in [0.29, 0.717) is 4.90 Å². The first-order valence-electron chi connectivity index (χ1n) is 2.84. The summed E-state index contributed by atoms with van der Waals surface area (Å²) < 4.78 is 25.4. The van der Waals surface area contributed by atoms with Crippen molar-refractivity contribution >= 4 is 23.4 Å². The number of benzene rings is 1. The van der Waals surface area contributed by atoms with Crippen molar-refractivity contribution < 1.29 is 8.78 Å². The van der Waals surface area contributed by atoms with Gasteiger partial charge in [-0.25, -0.2) is 8.78 Å². The van der Waals surface area contributed by atoms with Gasteiger partial charge in [0.1, 0.15) is 10.8 Å². The molecular formula is C7H5ClF2S. The van der Waals surface area contributed by atoms with Crippen LogP contribution in [-0.2, 0) is 0 Å². The topological polar surface area (TPSA) is 0 Å². The molecule has 60 valence electrons. The minimum atomic E-state index is -0.720. The van der Waals surface area contributed by atoms with E-state index < -0.39 is 16.7 Å². The molecule has 0 aliphatic rings. The van der Waals surface area contributed by atoms with Crippen molar-refractivity contribution in [3.8, 4) is 0 Å². The summed E-state index contributed by atoms with van der Waals surface area (Å²) in [6.07, 6.45) is 1.70. The molecule has 0 aliphatic carbocycles. The average Bonchev–Trinajstić information content (AvgIpc) is 2.01. The van der Waals surface area contributed by atoms with Crippen LogP contribution < -0.4 is 0 Å². The van der Waals surface area contributed by atoms with Crippen LogP contribution in [-0.4, -0.2) is 6.26 Å². The maximum atomic E-state index is 12.9. The Morgan fingerprint density at radius 2 is 2.00 bits per heavy atom. The van der Waals surface area contributed by atoms with Gasteiger partial charge in [-0.3, -0.25) is 0 Å². The zero-order valence-corrected chi connectivity index (χ0v) is 7.27. The van der Waals surface area contributed by atoms with Crippen molar-refractivity contribution in [2.45, 2.75) is 4.90 Å². The fraction of sp³-hybridized carbons (Fsp3) is 0.143. The van der Waals surface area contributed by atoms with Crippen molar-refractivity contribution in [2.75, 3.05) is 6.26 Å². The van der Waals surface area contributed by atoms with E-state index in [2.05, 4.69) is 0 Å². The van der Waals surface area contributed by atoms with Crippen LogP contribution >= 0.6 is 23.4 Å². The van der Waals surface area contributed by atoms with Gasteiger partial charge in [0.05, 0.1) is 0 Å². The zero-order chi connectivity index (χ0) is 8.43. The Morgan fingerprint density at radius 1 is 1.36 bits per heavy atom. The van der Waals surface area contributed by atoms with Gasteiger partial charge >= 0.3 is 0 Å². The molecule has 0 atom stereocenters. The predicted molar refractivity (Wildman–Crippen MR) is 43.1 cm³/mol. The Bertz CT molecular complexity index is 275. The van der Waals surface area contributed by atoms with Crippen molar-refractivity contribution in [2.24, 2.45) is 0 Å². The second-order valence-corrected chi connectivity index (χ2v) is 3.10. The molecule has 4 heteroatoms. The molecular weight excluding hydrogens is 190 g/mol. The smallest absolute Gasteiger partial charge is 0.158 e. The van der Waals surface area contributed by atoms with Gasteiger partial charge in [-0.05, 0) is 18.4 Å². The van der Waals surface area contributed by atoms with Crippen molar-refractivity contribution in [1.29, 1.82) is 0 Å². The number of hydrogen-bond donors (Lipinski definition) is 0. The van der Waals surface area contributed by atoms with E-state index in [0.717, 1.165) is 6.07 Å². The summed E-state index contributed by atoms with van der Waals surface area (Å²) in [5, 5.41) is -0.433. The monoisotopic (exact) mass is 194 g/mol. The molecule has 0 radical (unpaired) electrons. The Hall–Kier alpha value is -0.280. The number of thioether (sulfide) groups is 1. The van der Waals surface area contributed by atoms with Crippen LogP contribution in [0.1, 0.15) is 0 Å². The lowest BCUT2D eigenvalue weighted by molar-refractivity contribution is 0.566. The van der Waals surface area contributed by atoms with E-state index in [1.165, 1.54) is 17.8 Å². The van der Waals surface area contributed by atoms with Gasteiger partial charge < -0.3 is 0 Å². The molecule has 1 aromatic rings. The Labute approximate surface area is 72.6 Å². The standard InChI is InChI=1S/C7H5ClF2S/c1-11-5-3-2-4(9)6(8)7(5)10/h2-3H,1H3. The Balaban J connectivity index is 3.25. The van der Waals surface area contributed by atoms with Crippen LogP contribution in [0.25, 0.3) is 0 Å². The summed E-state index contributed by atoms with van der Waals surface area (Å²) in [6.45, 7) is 0. The van der Waals surface area contributed by atoms with Gasteiger partial charge in [0, 0.05) is 4.90 Å². The fourth-order valence-electron chi connectivity index (χ4n) is 0.666. The third kappa shape index (κ3) is 1.65. The molecule has 11 heavy (non-hydrogen) atoms.